The molecule has 2 N–H and O–H groups in total. The molecule has 4 rings (SSSR count). The van der Waals surface area contributed by atoms with E-state index in [1.165, 1.54) is 0 Å². The Morgan fingerprint density at radius 1 is 0.464 bits per heavy atom. The second kappa shape index (κ2) is 20.5. The molecule has 0 atom stereocenters. The largest absolute Gasteiger partial charge is 0.184 e. The number of hydrogen-bond donors (Lipinski definition) is 2. The van der Waals surface area contributed by atoms with Crippen molar-refractivity contribution < 1.29 is 37.7 Å². The summed E-state index contributed by atoms with van der Waals surface area (Å²) in [5.74, 6) is 0.644. The number of rotatable bonds is 0. The van der Waals surface area contributed by atoms with Crippen LogP contribution in [0.15, 0.2) is 121 Å². The fourth-order valence-electron chi connectivity index (χ4n) is 1.54. The molecule has 0 radical (unpaired) electrons. The second-order valence-corrected chi connectivity index (χ2v) is 4.83. The smallest absolute Gasteiger partial charge is 0.171 e. The van der Waals surface area contributed by atoms with Crippen LogP contribution in [-0.2, 0) is 27.5 Å². The Bertz CT molecular complexity index is 645. The third kappa shape index (κ3) is 18.0. The molecule has 0 aliphatic heterocycles. The predicted molar refractivity (Wildman–Crippen MR) is 107 cm³/mol. The van der Waals surface area contributed by atoms with E-state index in [0.29, 0.717) is 36.2 Å². The van der Waals surface area contributed by atoms with E-state index >= 15 is 0 Å². The number of phenolic OH excluding ortho intramolecular Hbond substituents is 2. The summed E-state index contributed by atoms with van der Waals surface area (Å²) in [6, 6.07) is 42.4. The van der Waals surface area contributed by atoms with Crippen LogP contribution >= 0.6 is 0 Å². The van der Waals surface area contributed by atoms with Crippen molar-refractivity contribution in [2.75, 3.05) is 0 Å². The van der Waals surface area contributed by atoms with Gasteiger partial charge in [0.25, 0.3) is 0 Å². The average molecular weight is 450 g/mol. The summed E-state index contributed by atoms with van der Waals surface area (Å²) >= 11 is 0.300. The van der Waals surface area contributed by atoms with Crippen molar-refractivity contribution in [3.8, 4) is 11.5 Å². The van der Waals surface area contributed by atoms with Crippen LogP contribution in [0.4, 0.5) is 0 Å². The molecule has 0 unspecified atom stereocenters. The SMILES string of the molecule is Oc1ccccc1.Oc1ccccc1.[O]=[Zr+2].[c-]1ccccc1.[c-]1ccccc1. The first kappa shape index (κ1) is 25.2. The Hall–Kier alpha value is -2.84. The van der Waals surface area contributed by atoms with E-state index in [-0.39, 0.29) is 0 Å². The molecule has 140 valence electrons. The van der Waals surface area contributed by atoms with Gasteiger partial charge in [0.1, 0.15) is 11.5 Å². The first-order chi connectivity index (χ1) is 13.8. The number of benzene rings is 4. The summed E-state index contributed by atoms with van der Waals surface area (Å²) in [7, 11) is 0. The minimum Gasteiger partial charge on any atom is -0.184 e. The molecule has 4 aromatic rings. The first-order valence-electron chi connectivity index (χ1n) is 8.29. The van der Waals surface area contributed by atoms with E-state index in [1.54, 1.807) is 48.5 Å². The van der Waals surface area contributed by atoms with Gasteiger partial charge in [0.2, 0.25) is 0 Å². The molecule has 0 aromatic heterocycles. The molecular formula is C24H22O3Zr. The summed E-state index contributed by atoms with van der Waals surface area (Å²) in [4.78, 5) is 0. The fourth-order valence-corrected chi connectivity index (χ4v) is 1.54. The Kier molecular flexibility index (Phi) is 18.4. The molecule has 0 bridgehead atoms. The fraction of sp³-hybridized carbons (Fsp3) is 0. The summed E-state index contributed by atoms with van der Waals surface area (Å²) in [5, 5.41) is 17.3. The van der Waals surface area contributed by atoms with Crippen LogP contribution in [0, 0.1) is 12.1 Å². The van der Waals surface area contributed by atoms with Crippen molar-refractivity contribution in [3.63, 3.8) is 0 Å². The molecule has 0 aliphatic rings. The molecule has 0 saturated heterocycles. The molecule has 0 heterocycles. The zero-order chi connectivity index (χ0) is 20.7. The molecular weight excluding hydrogens is 427 g/mol. The number of phenols is 2. The van der Waals surface area contributed by atoms with Gasteiger partial charge in [0.05, 0.1) is 0 Å². The molecule has 0 aliphatic carbocycles. The summed E-state index contributed by atoms with van der Waals surface area (Å²) in [5.41, 5.74) is 0. The van der Waals surface area contributed by atoms with Crippen LogP contribution in [-0.4, -0.2) is 10.2 Å². The van der Waals surface area contributed by atoms with Crippen molar-refractivity contribution in [2.45, 2.75) is 0 Å². The van der Waals surface area contributed by atoms with E-state index < -0.39 is 0 Å². The summed E-state index contributed by atoms with van der Waals surface area (Å²) < 4.78 is 8.34. The minimum atomic E-state index is 0.300. The monoisotopic (exact) mass is 448 g/mol. The van der Waals surface area contributed by atoms with Crippen LogP contribution < -0.4 is 0 Å². The predicted octanol–water partition coefficient (Wildman–Crippen LogP) is 5.64. The van der Waals surface area contributed by atoms with Crippen molar-refractivity contribution in [3.05, 3.63) is 133 Å². The van der Waals surface area contributed by atoms with Gasteiger partial charge in [-0.05, 0) is 24.3 Å². The third-order valence-corrected chi connectivity index (χ3v) is 2.73. The molecule has 0 saturated carbocycles. The zero-order valence-corrected chi connectivity index (χ0v) is 17.8. The number of hydrogen-bond acceptors (Lipinski definition) is 3. The van der Waals surface area contributed by atoms with Gasteiger partial charge >= 0.3 is 27.5 Å². The molecule has 0 fully saturated rings. The van der Waals surface area contributed by atoms with Crippen LogP contribution in [0.5, 0.6) is 11.5 Å². The average Bonchev–Trinajstić information content (AvgIpc) is 2.80. The Morgan fingerprint density at radius 2 is 0.714 bits per heavy atom. The Balaban J connectivity index is 0.000000338. The van der Waals surface area contributed by atoms with Gasteiger partial charge in [-0.25, -0.2) is 0 Å². The van der Waals surface area contributed by atoms with E-state index in [0.717, 1.165) is 0 Å². The van der Waals surface area contributed by atoms with Crippen molar-refractivity contribution in [1.29, 1.82) is 0 Å². The van der Waals surface area contributed by atoms with Crippen LogP contribution in [0.1, 0.15) is 0 Å². The van der Waals surface area contributed by atoms with Crippen LogP contribution in [0.25, 0.3) is 0 Å². The number of para-hydroxylation sites is 2. The minimum absolute atomic E-state index is 0.300. The van der Waals surface area contributed by atoms with E-state index in [1.807, 2.05) is 72.8 Å². The second-order valence-electron chi connectivity index (χ2n) is 4.83. The third-order valence-electron chi connectivity index (χ3n) is 2.73. The maximum atomic E-state index is 8.63. The van der Waals surface area contributed by atoms with Crippen molar-refractivity contribution in [2.24, 2.45) is 0 Å². The summed E-state index contributed by atoms with van der Waals surface area (Å²) in [6.45, 7) is 0. The molecule has 4 aromatic carbocycles. The van der Waals surface area contributed by atoms with Gasteiger partial charge in [-0.3, -0.25) is 0 Å². The van der Waals surface area contributed by atoms with Gasteiger partial charge in [-0.15, -0.1) is 0 Å². The van der Waals surface area contributed by atoms with E-state index in [4.69, 9.17) is 13.0 Å². The molecule has 28 heavy (non-hydrogen) atoms. The molecule has 4 heteroatoms. The van der Waals surface area contributed by atoms with Crippen LogP contribution in [0.2, 0.25) is 0 Å². The standard InChI is InChI=1S/2C6H6O.2C6H5.O.Zr/c2*7-6-4-2-1-3-5-6;2*1-2-4-6-5-3-1;;/h2*1-5,7H;2*1-5H;;/q;;2*-1;;+2. The molecule has 3 nitrogen and oxygen atoms in total. The number of aromatic hydroxyl groups is 2. The maximum absolute atomic E-state index is 8.63. The topological polar surface area (TPSA) is 57.5 Å². The van der Waals surface area contributed by atoms with Gasteiger partial charge in [-0.1, -0.05) is 36.4 Å². The van der Waals surface area contributed by atoms with Gasteiger partial charge in [-0.2, -0.15) is 72.8 Å². The van der Waals surface area contributed by atoms with Crippen molar-refractivity contribution >= 4 is 0 Å². The van der Waals surface area contributed by atoms with Gasteiger partial charge in [0.15, 0.2) is 0 Å². The molecule has 0 spiro atoms. The van der Waals surface area contributed by atoms with Crippen LogP contribution in [0.3, 0.4) is 0 Å². The normalized spacial score (nSPS) is 7.93. The van der Waals surface area contributed by atoms with E-state index in [2.05, 4.69) is 12.1 Å². The van der Waals surface area contributed by atoms with E-state index in [9.17, 15) is 0 Å². The van der Waals surface area contributed by atoms with Gasteiger partial charge < -0.3 is 10.2 Å². The van der Waals surface area contributed by atoms with Crippen molar-refractivity contribution in [1.82, 2.24) is 0 Å². The summed E-state index contributed by atoms with van der Waals surface area (Å²) in [6.07, 6.45) is 0. The maximum Gasteiger partial charge on any atom is -0.171 e. The zero-order valence-electron chi connectivity index (χ0n) is 15.3. The first-order valence-corrected chi connectivity index (χ1v) is 9.30. The van der Waals surface area contributed by atoms with Gasteiger partial charge in [0, 0.05) is 0 Å². The quantitative estimate of drug-likeness (QED) is 0.342. The Morgan fingerprint density at radius 3 is 0.821 bits per heavy atom. The molecule has 0 amide bonds. The Labute approximate surface area is 182 Å².